The molecule has 2 aromatic heterocycles. The Morgan fingerprint density at radius 1 is 1.26 bits per heavy atom. The van der Waals surface area contributed by atoms with Gasteiger partial charge in [0.25, 0.3) is 6.43 Å². The van der Waals surface area contributed by atoms with Crippen molar-refractivity contribution in [3.05, 3.63) is 29.6 Å². The third kappa shape index (κ3) is 3.68. The summed E-state index contributed by atoms with van der Waals surface area (Å²) in [6.07, 6.45) is 1.36. The zero-order valence-corrected chi connectivity index (χ0v) is 13.6. The zero-order valence-electron chi connectivity index (χ0n) is 13.6. The Morgan fingerprint density at radius 2 is 2.00 bits per heavy atom. The van der Waals surface area contributed by atoms with Crippen molar-refractivity contribution < 1.29 is 13.5 Å². The maximum atomic E-state index is 12.5. The molecule has 0 aliphatic heterocycles. The number of alkyl halides is 2. The summed E-state index contributed by atoms with van der Waals surface area (Å²) in [5.41, 5.74) is 3.19. The molecule has 2 heterocycles. The summed E-state index contributed by atoms with van der Waals surface area (Å²) < 4.78 is 30.2. The molecule has 1 saturated carbocycles. The number of rotatable bonds is 5. The average molecular weight is 321 g/mol. The molecule has 23 heavy (non-hydrogen) atoms. The van der Waals surface area contributed by atoms with Gasteiger partial charge in [0.05, 0.1) is 5.69 Å². The van der Waals surface area contributed by atoms with Gasteiger partial charge in [-0.05, 0) is 24.8 Å². The molecule has 1 fully saturated rings. The van der Waals surface area contributed by atoms with E-state index in [0.717, 1.165) is 24.1 Å². The second-order valence-corrected chi connectivity index (χ2v) is 7.00. The minimum atomic E-state index is -2.49. The van der Waals surface area contributed by atoms with Gasteiger partial charge in [0.15, 0.2) is 0 Å². The number of nitrogens with one attached hydrogen (secondary N) is 1. The van der Waals surface area contributed by atoms with E-state index in [-0.39, 0.29) is 5.41 Å². The van der Waals surface area contributed by atoms with Gasteiger partial charge >= 0.3 is 0 Å². The number of hydrogen-bond donors (Lipinski definition) is 1. The van der Waals surface area contributed by atoms with Gasteiger partial charge in [-0.15, -0.1) is 0 Å². The van der Waals surface area contributed by atoms with Crippen LogP contribution < -0.4 is 4.74 Å². The molecule has 0 amide bonds. The van der Waals surface area contributed by atoms with Crippen LogP contribution in [0.15, 0.2) is 18.3 Å². The summed E-state index contributed by atoms with van der Waals surface area (Å²) in [4.78, 5) is 4.44. The molecule has 2 aromatic rings. The van der Waals surface area contributed by atoms with E-state index in [9.17, 15) is 8.78 Å². The van der Waals surface area contributed by atoms with Crippen LogP contribution in [0.2, 0.25) is 0 Å². The monoisotopic (exact) mass is 321 g/mol. The number of pyridine rings is 1. The molecule has 4 nitrogen and oxygen atoms in total. The largest absolute Gasteiger partial charge is 0.487 e. The lowest BCUT2D eigenvalue weighted by Crippen LogP contribution is -2.11. The van der Waals surface area contributed by atoms with Crippen molar-refractivity contribution in [3.63, 3.8) is 0 Å². The standard InChI is InChI=1S/C17H21F2N3O/c1-17(2,3)15-7-13(21-22-15)12-6-14(23-9-16(18)19)11(8-20-12)10-4-5-10/h6-8,10,16H,4-5,9H2,1-3H3,(H,21,22). The van der Waals surface area contributed by atoms with Crippen LogP contribution in [-0.2, 0) is 5.41 Å². The molecular weight excluding hydrogens is 300 g/mol. The van der Waals surface area contributed by atoms with Crippen molar-refractivity contribution in [2.45, 2.75) is 51.4 Å². The topological polar surface area (TPSA) is 50.8 Å². The van der Waals surface area contributed by atoms with E-state index in [4.69, 9.17) is 4.74 Å². The first-order valence-electron chi connectivity index (χ1n) is 7.82. The number of aromatic nitrogens is 3. The quantitative estimate of drug-likeness (QED) is 0.893. The van der Waals surface area contributed by atoms with Crippen molar-refractivity contribution >= 4 is 0 Å². The Kier molecular flexibility index (Phi) is 4.08. The third-order valence-corrected chi connectivity index (χ3v) is 3.93. The van der Waals surface area contributed by atoms with Gasteiger partial charge in [0, 0.05) is 28.9 Å². The first-order chi connectivity index (χ1) is 10.8. The highest BCUT2D eigenvalue weighted by molar-refractivity contribution is 5.58. The van der Waals surface area contributed by atoms with Crippen LogP contribution >= 0.6 is 0 Å². The van der Waals surface area contributed by atoms with Crippen molar-refractivity contribution in [2.75, 3.05) is 6.61 Å². The summed E-state index contributed by atoms with van der Waals surface area (Å²) in [5.74, 6) is 0.881. The van der Waals surface area contributed by atoms with Crippen molar-refractivity contribution in [3.8, 4) is 17.1 Å². The van der Waals surface area contributed by atoms with Crippen molar-refractivity contribution in [1.82, 2.24) is 15.2 Å². The maximum Gasteiger partial charge on any atom is 0.272 e. The van der Waals surface area contributed by atoms with Gasteiger partial charge in [0.1, 0.15) is 18.1 Å². The fourth-order valence-electron chi connectivity index (χ4n) is 2.40. The predicted molar refractivity (Wildman–Crippen MR) is 84.0 cm³/mol. The van der Waals surface area contributed by atoms with E-state index < -0.39 is 13.0 Å². The van der Waals surface area contributed by atoms with E-state index in [1.54, 1.807) is 12.3 Å². The molecular formula is C17H21F2N3O. The van der Waals surface area contributed by atoms with Crippen LogP contribution in [0.25, 0.3) is 11.4 Å². The predicted octanol–water partition coefficient (Wildman–Crippen LogP) is 4.29. The molecule has 0 radical (unpaired) electrons. The number of halogens is 2. The fourth-order valence-corrected chi connectivity index (χ4v) is 2.40. The molecule has 1 aliphatic carbocycles. The minimum Gasteiger partial charge on any atom is -0.487 e. The molecule has 1 N–H and O–H groups in total. The third-order valence-electron chi connectivity index (χ3n) is 3.93. The smallest absolute Gasteiger partial charge is 0.272 e. The van der Waals surface area contributed by atoms with Crippen LogP contribution in [0.5, 0.6) is 5.75 Å². The minimum absolute atomic E-state index is 0.0474. The summed E-state index contributed by atoms with van der Waals surface area (Å²) in [7, 11) is 0. The van der Waals surface area contributed by atoms with Gasteiger partial charge in [-0.1, -0.05) is 20.8 Å². The van der Waals surface area contributed by atoms with Gasteiger partial charge in [-0.3, -0.25) is 10.1 Å². The molecule has 124 valence electrons. The molecule has 0 saturated heterocycles. The molecule has 0 spiro atoms. The van der Waals surface area contributed by atoms with Crippen molar-refractivity contribution in [1.29, 1.82) is 0 Å². The van der Waals surface area contributed by atoms with Gasteiger partial charge in [-0.25, -0.2) is 8.78 Å². The highest BCUT2D eigenvalue weighted by Gasteiger charge is 2.28. The molecule has 0 unspecified atom stereocenters. The van der Waals surface area contributed by atoms with Gasteiger partial charge in [-0.2, -0.15) is 5.10 Å². The van der Waals surface area contributed by atoms with E-state index in [0.29, 0.717) is 23.1 Å². The average Bonchev–Trinajstić information content (AvgIpc) is 3.19. The summed E-state index contributed by atoms with van der Waals surface area (Å²) in [6, 6.07) is 3.66. The van der Waals surface area contributed by atoms with Crippen LogP contribution in [0, 0.1) is 0 Å². The number of nitrogens with zero attached hydrogens (tertiary/aromatic N) is 2. The van der Waals surface area contributed by atoms with E-state index in [1.807, 2.05) is 6.07 Å². The highest BCUT2D eigenvalue weighted by atomic mass is 19.3. The lowest BCUT2D eigenvalue weighted by Gasteiger charge is -2.14. The molecule has 3 rings (SSSR count). The molecule has 0 atom stereocenters. The molecule has 0 bridgehead atoms. The normalized spacial score (nSPS) is 15.2. The highest BCUT2D eigenvalue weighted by Crippen LogP contribution is 2.44. The van der Waals surface area contributed by atoms with Crippen LogP contribution in [0.1, 0.15) is 50.8 Å². The summed E-state index contributed by atoms with van der Waals surface area (Å²) in [5, 5.41) is 7.30. The molecule has 6 heteroatoms. The second-order valence-electron chi connectivity index (χ2n) is 7.00. The van der Waals surface area contributed by atoms with Crippen LogP contribution in [-0.4, -0.2) is 28.2 Å². The number of ether oxygens (including phenoxy) is 1. The van der Waals surface area contributed by atoms with E-state index >= 15 is 0 Å². The lowest BCUT2D eigenvalue weighted by atomic mass is 9.92. The summed E-state index contributed by atoms with van der Waals surface area (Å²) in [6.45, 7) is 5.66. The SMILES string of the molecule is CC(C)(C)c1cc(-c2cc(OCC(F)F)c(C3CC3)cn2)n[nH]1. The first kappa shape index (κ1) is 15.9. The van der Waals surface area contributed by atoms with Crippen LogP contribution in [0.4, 0.5) is 8.78 Å². The van der Waals surface area contributed by atoms with Gasteiger partial charge < -0.3 is 4.74 Å². The van der Waals surface area contributed by atoms with Gasteiger partial charge in [0.2, 0.25) is 0 Å². The first-order valence-corrected chi connectivity index (χ1v) is 7.82. The maximum absolute atomic E-state index is 12.5. The van der Waals surface area contributed by atoms with E-state index in [1.165, 1.54) is 0 Å². The Labute approximate surface area is 134 Å². The second kappa shape index (κ2) is 5.91. The number of H-pyrrole nitrogens is 1. The Morgan fingerprint density at radius 3 is 2.57 bits per heavy atom. The summed E-state index contributed by atoms with van der Waals surface area (Å²) >= 11 is 0. The molecule has 0 aromatic carbocycles. The Hall–Kier alpha value is -1.98. The lowest BCUT2D eigenvalue weighted by molar-refractivity contribution is 0.0814. The Balaban J connectivity index is 1.90. The van der Waals surface area contributed by atoms with E-state index in [2.05, 4.69) is 36.0 Å². The van der Waals surface area contributed by atoms with Crippen molar-refractivity contribution in [2.24, 2.45) is 0 Å². The fraction of sp³-hybridized carbons (Fsp3) is 0.529. The zero-order chi connectivity index (χ0) is 16.6. The Bertz CT molecular complexity index is 687. The number of hydrogen-bond acceptors (Lipinski definition) is 3. The number of aromatic amines is 1. The molecule has 1 aliphatic rings. The van der Waals surface area contributed by atoms with Crippen LogP contribution in [0.3, 0.4) is 0 Å².